The molecule has 3 heteroatoms. The zero-order valence-electron chi connectivity index (χ0n) is 30.5. The molecule has 0 bridgehead atoms. The van der Waals surface area contributed by atoms with Crippen molar-refractivity contribution in [3.05, 3.63) is 89.5 Å². The fraction of sp³-hybridized carbons (Fsp3) is 0.558. The summed E-state index contributed by atoms with van der Waals surface area (Å²) in [6.45, 7) is 20.0. The summed E-state index contributed by atoms with van der Waals surface area (Å²) in [7, 11) is 0. The summed E-state index contributed by atoms with van der Waals surface area (Å²) in [6, 6.07) is 18.6. The molecule has 0 fully saturated rings. The molecule has 0 heterocycles. The minimum Gasteiger partial charge on any atom is -0.372 e. The number of hydrogen-bond acceptors (Lipinski definition) is 2. The van der Waals surface area contributed by atoms with Crippen molar-refractivity contribution in [2.24, 2.45) is 0 Å². The van der Waals surface area contributed by atoms with Crippen LogP contribution in [0.4, 0.5) is 11.4 Å². The molecular weight excluding hydrogens is 558 g/mol. The van der Waals surface area contributed by atoms with Crippen LogP contribution in [0.15, 0.2) is 78.4 Å². The summed E-state index contributed by atoms with van der Waals surface area (Å²) in [4.78, 5) is 4.96. The van der Waals surface area contributed by atoms with Crippen molar-refractivity contribution in [3.8, 4) is 0 Å². The topological polar surface area (TPSA) is 9.49 Å². The van der Waals surface area contributed by atoms with Crippen molar-refractivity contribution in [1.82, 2.24) is 0 Å². The number of benzene rings is 2. The molecule has 2 aromatic rings. The second kappa shape index (κ2) is 21.7. The van der Waals surface area contributed by atoms with Gasteiger partial charge in [-0.15, -0.1) is 0 Å². The fourth-order valence-corrected chi connectivity index (χ4v) is 6.71. The highest BCUT2D eigenvalue weighted by Gasteiger charge is 2.16. The van der Waals surface area contributed by atoms with Gasteiger partial charge in [-0.1, -0.05) is 95.9 Å². The van der Waals surface area contributed by atoms with Crippen LogP contribution in [0.2, 0.25) is 0 Å². The monoisotopic (exact) mass is 625 g/mol. The zero-order chi connectivity index (χ0) is 33.0. The molecule has 0 aliphatic heterocycles. The van der Waals surface area contributed by atoms with E-state index < -0.39 is 0 Å². The van der Waals surface area contributed by atoms with Gasteiger partial charge in [-0.25, -0.2) is 4.58 Å². The second-order valence-corrected chi connectivity index (χ2v) is 12.9. The van der Waals surface area contributed by atoms with Crippen LogP contribution in [-0.2, 0) is 0 Å². The lowest BCUT2D eigenvalue weighted by molar-refractivity contribution is -0.523. The third kappa shape index (κ3) is 11.6. The van der Waals surface area contributed by atoms with Gasteiger partial charge in [0.1, 0.15) is 13.1 Å². The van der Waals surface area contributed by atoms with Crippen molar-refractivity contribution >= 4 is 22.7 Å². The second-order valence-electron chi connectivity index (χ2n) is 12.9. The van der Waals surface area contributed by atoms with E-state index in [0.717, 1.165) is 39.3 Å². The van der Waals surface area contributed by atoms with Gasteiger partial charge in [0.15, 0.2) is 5.71 Å². The first kappa shape index (κ1) is 37.4. The van der Waals surface area contributed by atoms with E-state index in [1.807, 2.05) is 0 Å². The molecule has 0 spiro atoms. The normalized spacial score (nSPS) is 12.6. The van der Waals surface area contributed by atoms with Gasteiger partial charge in [-0.3, -0.25) is 0 Å². The molecule has 0 atom stereocenters. The molecule has 2 aromatic carbocycles. The van der Waals surface area contributed by atoms with Gasteiger partial charge in [0, 0.05) is 56.1 Å². The molecule has 0 aromatic heterocycles. The Kier molecular flexibility index (Phi) is 17.6. The van der Waals surface area contributed by atoms with E-state index >= 15 is 0 Å². The Bertz CT molecular complexity index is 1220. The third-order valence-corrected chi connectivity index (χ3v) is 9.65. The summed E-state index contributed by atoms with van der Waals surface area (Å²) in [5, 5.41) is 0. The molecule has 1 aliphatic rings. The predicted molar refractivity (Wildman–Crippen MR) is 206 cm³/mol. The van der Waals surface area contributed by atoms with Gasteiger partial charge >= 0.3 is 0 Å². The number of rotatable bonds is 22. The van der Waals surface area contributed by atoms with E-state index in [2.05, 4.69) is 129 Å². The lowest BCUT2D eigenvalue weighted by Gasteiger charge is -2.24. The lowest BCUT2D eigenvalue weighted by atomic mass is 9.90. The smallest absolute Gasteiger partial charge is 0.199 e. The molecule has 46 heavy (non-hydrogen) atoms. The molecule has 0 amide bonds. The summed E-state index contributed by atoms with van der Waals surface area (Å²) < 4.78 is 2.54. The maximum absolute atomic E-state index is 2.54. The number of allylic oxidation sites excluding steroid dienone is 5. The van der Waals surface area contributed by atoms with Gasteiger partial charge in [0.05, 0.1) is 0 Å². The number of unbranched alkanes of at least 4 members (excludes halogenated alkanes) is 10. The summed E-state index contributed by atoms with van der Waals surface area (Å²) in [5.41, 5.74) is 9.10. The molecule has 0 unspecified atom stereocenters. The average molecular weight is 625 g/mol. The Morgan fingerprint density at radius 2 is 0.957 bits per heavy atom. The fourth-order valence-electron chi connectivity index (χ4n) is 6.71. The maximum Gasteiger partial charge on any atom is 0.199 e. The Morgan fingerprint density at radius 3 is 1.43 bits per heavy atom. The van der Waals surface area contributed by atoms with Gasteiger partial charge in [-0.2, -0.15) is 0 Å². The number of nitrogens with zero attached hydrogens (tertiary/aromatic N) is 3. The minimum atomic E-state index is 1.02. The Morgan fingerprint density at radius 1 is 0.500 bits per heavy atom. The summed E-state index contributed by atoms with van der Waals surface area (Å²) >= 11 is 0. The highest BCUT2D eigenvalue weighted by molar-refractivity contribution is 6.04. The quantitative estimate of drug-likeness (QED) is 0.0952. The van der Waals surface area contributed by atoms with Crippen LogP contribution in [0.25, 0.3) is 5.57 Å². The highest BCUT2D eigenvalue weighted by atomic mass is 15.1. The van der Waals surface area contributed by atoms with Gasteiger partial charge < -0.3 is 9.80 Å². The summed E-state index contributed by atoms with van der Waals surface area (Å²) in [6.07, 6.45) is 25.4. The Hall–Kier alpha value is -3.07. The van der Waals surface area contributed by atoms with Gasteiger partial charge in [0.2, 0.25) is 0 Å². The van der Waals surface area contributed by atoms with Crippen molar-refractivity contribution in [2.45, 2.75) is 119 Å². The zero-order valence-corrected chi connectivity index (χ0v) is 30.5. The van der Waals surface area contributed by atoms with E-state index in [0.29, 0.717) is 0 Å². The largest absolute Gasteiger partial charge is 0.372 e. The van der Waals surface area contributed by atoms with Crippen molar-refractivity contribution < 1.29 is 4.58 Å². The van der Waals surface area contributed by atoms with Crippen molar-refractivity contribution in [1.29, 1.82) is 0 Å². The molecule has 3 nitrogen and oxygen atoms in total. The number of anilines is 2. The minimum absolute atomic E-state index is 1.02. The SMILES string of the molecule is CCCCCCCCN(CC)c1ccc(C(=C2C=CC(=[N+](CC)CCCCCCCC)C=C2)c2ccc(N(CC)CC)cc2)cc1. The van der Waals surface area contributed by atoms with E-state index in [1.165, 1.54) is 116 Å². The Balaban J connectivity index is 1.86. The molecule has 0 saturated heterocycles. The predicted octanol–water partition coefficient (Wildman–Crippen LogP) is 11.5. The molecule has 252 valence electrons. The van der Waals surface area contributed by atoms with E-state index in [9.17, 15) is 0 Å². The van der Waals surface area contributed by atoms with Crippen molar-refractivity contribution in [3.63, 3.8) is 0 Å². The van der Waals surface area contributed by atoms with Crippen LogP contribution in [0.5, 0.6) is 0 Å². The van der Waals surface area contributed by atoms with Crippen molar-refractivity contribution in [2.75, 3.05) is 49.1 Å². The van der Waals surface area contributed by atoms with Gasteiger partial charge in [0.25, 0.3) is 0 Å². The first-order valence-electron chi connectivity index (χ1n) is 19.0. The van der Waals surface area contributed by atoms with Crippen LogP contribution in [-0.4, -0.2) is 49.6 Å². The maximum atomic E-state index is 2.54. The molecule has 0 radical (unpaired) electrons. The standard InChI is InChI=1S/C43H66N3/c1-7-13-15-17-19-21-35-45(11-5)41-31-25-38(26-32-41)43(37-23-29-40(30-24-37)44(9-3)10-4)39-27-33-42(34-28-39)46(12-6)36-22-20-18-16-14-8-2/h23-34H,7-22,35-36H2,1-6H3/q+1. The third-order valence-electron chi connectivity index (χ3n) is 9.65. The van der Waals surface area contributed by atoms with Gasteiger partial charge in [-0.05, 0) is 99.2 Å². The van der Waals surface area contributed by atoms with E-state index in [4.69, 9.17) is 0 Å². The molecule has 0 saturated carbocycles. The molecular formula is C43H66N3+. The first-order valence-corrected chi connectivity index (χ1v) is 19.0. The van der Waals surface area contributed by atoms with Crippen LogP contribution in [0, 0.1) is 0 Å². The molecule has 0 N–H and O–H groups in total. The highest BCUT2D eigenvalue weighted by Crippen LogP contribution is 2.32. The molecule has 3 rings (SSSR count). The van der Waals surface area contributed by atoms with Crippen LogP contribution in [0.3, 0.4) is 0 Å². The Labute approximate surface area is 283 Å². The number of hydrogen-bond donors (Lipinski definition) is 0. The summed E-state index contributed by atoms with van der Waals surface area (Å²) in [5.74, 6) is 0. The van der Waals surface area contributed by atoms with Crippen LogP contribution >= 0.6 is 0 Å². The van der Waals surface area contributed by atoms with E-state index in [-0.39, 0.29) is 0 Å². The first-order chi connectivity index (χ1) is 22.6. The average Bonchev–Trinajstić information content (AvgIpc) is 3.10. The van der Waals surface area contributed by atoms with E-state index in [1.54, 1.807) is 0 Å². The lowest BCUT2D eigenvalue weighted by Crippen LogP contribution is -2.23. The van der Waals surface area contributed by atoms with Crippen LogP contribution in [0.1, 0.15) is 130 Å². The molecule has 1 aliphatic carbocycles. The van der Waals surface area contributed by atoms with Crippen LogP contribution < -0.4 is 9.80 Å².